The van der Waals surface area contributed by atoms with Crippen molar-refractivity contribution in [2.24, 2.45) is 0 Å². The van der Waals surface area contributed by atoms with E-state index in [1.165, 1.54) is 0 Å². The molecule has 1 aromatic carbocycles. The average molecular weight is 415 g/mol. The van der Waals surface area contributed by atoms with Crippen LogP contribution in [0.4, 0.5) is 4.79 Å². The van der Waals surface area contributed by atoms with Crippen LogP contribution >= 0.6 is 0 Å². The zero-order valence-corrected chi connectivity index (χ0v) is 18.1. The van der Waals surface area contributed by atoms with E-state index in [0.717, 1.165) is 29.7 Å². The van der Waals surface area contributed by atoms with Gasteiger partial charge in [-0.05, 0) is 50.8 Å². The van der Waals surface area contributed by atoms with Gasteiger partial charge in [-0.1, -0.05) is 17.3 Å². The van der Waals surface area contributed by atoms with Gasteiger partial charge in [0.05, 0.1) is 11.4 Å². The highest BCUT2D eigenvalue weighted by Crippen LogP contribution is 2.26. The number of hydrogen-bond acceptors (Lipinski definition) is 5. The number of methoxy groups -OCH3 is 1. The highest BCUT2D eigenvalue weighted by Gasteiger charge is 2.25. The maximum Gasteiger partial charge on any atom is 0.317 e. The lowest BCUT2D eigenvalue weighted by Crippen LogP contribution is -2.45. The second kappa shape index (κ2) is 9.71. The molecule has 1 aliphatic heterocycles. The molecule has 1 aromatic heterocycles. The zero-order chi connectivity index (χ0) is 21.7. The molecule has 0 radical (unpaired) electrons. The van der Waals surface area contributed by atoms with Crippen molar-refractivity contribution in [1.29, 1.82) is 0 Å². The molecule has 3 amide bonds. The van der Waals surface area contributed by atoms with E-state index in [1.54, 1.807) is 11.8 Å². The lowest BCUT2D eigenvalue weighted by atomic mass is 9.98. The van der Waals surface area contributed by atoms with E-state index in [9.17, 15) is 9.59 Å². The SMILES string of the molecule is COCCCNC(=O)c1nnn(-c2cccc3c2CCN(C(=O)NC(C)C)C3)c1C. The predicted molar refractivity (Wildman–Crippen MR) is 113 cm³/mol. The lowest BCUT2D eigenvalue weighted by molar-refractivity contribution is 0.0943. The molecule has 2 aromatic rings. The van der Waals surface area contributed by atoms with E-state index < -0.39 is 0 Å². The maximum absolute atomic E-state index is 12.4. The van der Waals surface area contributed by atoms with Gasteiger partial charge in [0.25, 0.3) is 5.91 Å². The van der Waals surface area contributed by atoms with Crippen molar-refractivity contribution in [2.45, 2.75) is 46.2 Å². The van der Waals surface area contributed by atoms with Crippen LogP contribution in [0.25, 0.3) is 5.69 Å². The van der Waals surface area contributed by atoms with Crippen molar-refractivity contribution in [2.75, 3.05) is 26.8 Å². The third-order valence-electron chi connectivity index (χ3n) is 5.09. The minimum Gasteiger partial charge on any atom is -0.385 e. The number of nitrogens with one attached hydrogen (secondary N) is 2. The molecule has 0 fully saturated rings. The van der Waals surface area contributed by atoms with Crippen molar-refractivity contribution in [3.8, 4) is 5.69 Å². The van der Waals surface area contributed by atoms with Gasteiger partial charge in [-0.25, -0.2) is 9.48 Å². The fraction of sp³-hybridized carbons (Fsp3) is 0.524. The maximum atomic E-state index is 12.4. The first-order valence-corrected chi connectivity index (χ1v) is 10.3. The largest absolute Gasteiger partial charge is 0.385 e. The molecule has 2 heterocycles. The van der Waals surface area contributed by atoms with E-state index in [2.05, 4.69) is 20.9 Å². The summed E-state index contributed by atoms with van der Waals surface area (Å²) in [6.07, 6.45) is 1.46. The molecule has 0 saturated heterocycles. The number of rotatable bonds is 7. The van der Waals surface area contributed by atoms with Crippen LogP contribution in [-0.4, -0.2) is 64.7 Å². The summed E-state index contributed by atoms with van der Waals surface area (Å²) in [5.74, 6) is -0.240. The number of fused-ring (bicyclic) bond motifs is 1. The Morgan fingerprint density at radius 2 is 2.10 bits per heavy atom. The first-order valence-electron chi connectivity index (χ1n) is 10.3. The van der Waals surface area contributed by atoms with Crippen LogP contribution in [0.15, 0.2) is 18.2 Å². The topological polar surface area (TPSA) is 101 Å². The first kappa shape index (κ1) is 21.8. The van der Waals surface area contributed by atoms with E-state index in [-0.39, 0.29) is 18.0 Å². The Labute approximate surface area is 176 Å². The van der Waals surface area contributed by atoms with Crippen molar-refractivity contribution in [3.05, 3.63) is 40.7 Å². The molecule has 0 atom stereocenters. The molecule has 9 nitrogen and oxygen atoms in total. The first-order chi connectivity index (χ1) is 14.4. The van der Waals surface area contributed by atoms with Gasteiger partial charge in [0.1, 0.15) is 0 Å². The number of carbonyl (C=O) groups is 2. The van der Waals surface area contributed by atoms with E-state index in [0.29, 0.717) is 37.6 Å². The average Bonchev–Trinajstić information content (AvgIpc) is 3.11. The Morgan fingerprint density at radius 3 is 2.83 bits per heavy atom. The molecule has 9 heteroatoms. The summed E-state index contributed by atoms with van der Waals surface area (Å²) >= 11 is 0. The molecule has 0 saturated carbocycles. The van der Waals surface area contributed by atoms with Gasteiger partial charge in [0, 0.05) is 39.4 Å². The van der Waals surface area contributed by atoms with E-state index >= 15 is 0 Å². The molecule has 0 aliphatic carbocycles. The molecule has 1 aliphatic rings. The number of ether oxygens (including phenoxy) is 1. The molecular formula is C21H30N6O3. The van der Waals surface area contributed by atoms with Crippen LogP contribution in [0.1, 0.15) is 47.6 Å². The highest BCUT2D eigenvalue weighted by atomic mass is 16.5. The summed E-state index contributed by atoms with van der Waals surface area (Å²) in [7, 11) is 1.63. The highest BCUT2D eigenvalue weighted by molar-refractivity contribution is 5.93. The normalized spacial score (nSPS) is 13.3. The van der Waals surface area contributed by atoms with Crippen molar-refractivity contribution < 1.29 is 14.3 Å². The number of amides is 3. The Kier molecular flexibility index (Phi) is 7.04. The summed E-state index contributed by atoms with van der Waals surface area (Å²) in [5, 5.41) is 14.1. The van der Waals surface area contributed by atoms with Crippen LogP contribution in [0.2, 0.25) is 0 Å². The van der Waals surface area contributed by atoms with Crippen molar-refractivity contribution in [1.82, 2.24) is 30.5 Å². The number of benzene rings is 1. The number of hydrogen-bond donors (Lipinski definition) is 2. The standard InChI is InChI=1S/C21H30N6O3/c1-14(2)23-21(29)26-11-9-17-16(13-26)7-5-8-18(17)27-15(3)19(24-25-27)20(28)22-10-6-12-30-4/h5,7-8,14H,6,9-13H2,1-4H3,(H,22,28)(H,23,29). The number of aromatic nitrogens is 3. The van der Waals surface area contributed by atoms with Gasteiger partial charge in [0.2, 0.25) is 0 Å². The van der Waals surface area contributed by atoms with Gasteiger partial charge in [-0.3, -0.25) is 4.79 Å². The van der Waals surface area contributed by atoms with Crippen LogP contribution in [0.3, 0.4) is 0 Å². The smallest absolute Gasteiger partial charge is 0.317 e. The van der Waals surface area contributed by atoms with Crippen molar-refractivity contribution >= 4 is 11.9 Å². The predicted octanol–water partition coefficient (Wildman–Crippen LogP) is 1.82. The van der Waals surface area contributed by atoms with Crippen molar-refractivity contribution in [3.63, 3.8) is 0 Å². The summed E-state index contributed by atoms with van der Waals surface area (Å²) in [4.78, 5) is 26.6. The molecule has 0 spiro atoms. The molecule has 0 unspecified atom stereocenters. The van der Waals surface area contributed by atoms with Crippen LogP contribution < -0.4 is 10.6 Å². The second-order valence-electron chi connectivity index (χ2n) is 7.73. The Morgan fingerprint density at radius 1 is 1.30 bits per heavy atom. The number of nitrogens with zero attached hydrogens (tertiary/aromatic N) is 4. The fourth-order valence-electron chi connectivity index (χ4n) is 3.57. The zero-order valence-electron chi connectivity index (χ0n) is 18.1. The summed E-state index contributed by atoms with van der Waals surface area (Å²) < 4.78 is 6.71. The summed E-state index contributed by atoms with van der Waals surface area (Å²) in [5.41, 5.74) is 4.12. The summed E-state index contributed by atoms with van der Waals surface area (Å²) in [6, 6.07) is 6.00. The van der Waals surface area contributed by atoms with Gasteiger partial charge in [-0.15, -0.1) is 5.10 Å². The quantitative estimate of drug-likeness (QED) is 0.673. The number of carbonyl (C=O) groups excluding carboxylic acids is 2. The second-order valence-corrected chi connectivity index (χ2v) is 7.73. The van der Waals surface area contributed by atoms with Gasteiger partial charge in [0.15, 0.2) is 5.69 Å². The van der Waals surface area contributed by atoms with Gasteiger partial charge in [-0.2, -0.15) is 0 Å². The van der Waals surface area contributed by atoms with E-state index in [1.807, 2.05) is 43.9 Å². The number of urea groups is 1. The minimum atomic E-state index is -0.240. The van der Waals surface area contributed by atoms with Gasteiger partial charge >= 0.3 is 6.03 Å². The Balaban J connectivity index is 1.78. The van der Waals surface area contributed by atoms with Crippen LogP contribution in [-0.2, 0) is 17.7 Å². The third-order valence-corrected chi connectivity index (χ3v) is 5.09. The van der Waals surface area contributed by atoms with Gasteiger partial charge < -0.3 is 20.3 Å². The monoisotopic (exact) mass is 414 g/mol. The molecular weight excluding hydrogens is 384 g/mol. The molecule has 162 valence electrons. The summed E-state index contributed by atoms with van der Waals surface area (Å²) in [6.45, 7) is 8.03. The Bertz CT molecular complexity index is 908. The fourth-order valence-corrected chi connectivity index (χ4v) is 3.57. The van der Waals surface area contributed by atoms with Crippen LogP contribution in [0.5, 0.6) is 0 Å². The third kappa shape index (κ3) is 4.79. The lowest BCUT2D eigenvalue weighted by Gasteiger charge is -2.30. The molecule has 0 bridgehead atoms. The van der Waals surface area contributed by atoms with Crippen LogP contribution in [0, 0.1) is 6.92 Å². The Hall–Kier alpha value is -2.94. The molecule has 3 rings (SSSR count). The minimum absolute atomic E-state index is 0.0505. The molecule has 30 heavy (non-hydrogen) atoms. The van der Waals surface area contributed by atoms with E-state index in [4.69, 9.17) is 4.74 Å². The molecule has 2 N–H and O–H groups in total.